The van der Waals surface area contributed by atoms with E-state index in [1.807, 2.05) is 0 Å². The van der Waals surface area contributed by atoms with Crippen LogP contribution in [0.4, 0.5) is 13.2 Å². The fourth-order valence-corrected chi connectivity index (χ4v) is 2.70. The van der Waals surface area contributed by atoms with Gasteiger partial charge >= 0.3 is 6.18 Å². The van der Waals surface area contributed by atoms with Gasteiger partial charge in [0.1, 0.15) is 12.3 Å². The molecule has 2 fully saturated rings. The zero-order valence-corrected chi connectivity index (χ0v) is 12.8. The molecule has 132 valence electrons. The average molecular weight is 346 g/mol. The Hall–Kier alpha value is -2.10. The molecule has 0 radical (unpaired) electrons. The summed E-state index contributed by atoms with van der Waals surface area (Å²) in [5.41, 5.74) is 3.88. The summed E-state index contributed by atoms with van der Waals surface area (Å²) < 4.78 is 45.1. The van der Waals surface area contributed by atoms with Crippen molar-refractivity contribution in [1.29, 1.82) is 0 Å². The number of primary amides is 1. The molecule has 3 rings (SSSR count). The zero-order valence-electron chi connectivity index (χ0n) is 12.8. The maximum atomic E-state index is 12.9. The molecular formula is C14H17F3N4O3. The van der Waals surface area contributed by atoms with Crippen molar-refractivity contribution in [2.24, 2.45) is 5.73 Å². The van der Waals surface area contributed by atoms with Crippen molar-refractivity contribution >= 4 is 11.8 Å². The number of rotatable bonds is 5. The third-order valence-corrected chi connectivity index (χ3v) is 4.03. The van der Waals surface area contributed by atoms with Crippen LogP contribution >= 0.6 is 0 Å². The van der Waals surface area contributed by atoms with Gasteiger partial charge in [-0.15, -0.1) is 0 Å². The minimum atomic E-state index is -4.59. The summed E-state index contributed by atoms with van der Waals surface area (Å²) in [6, 6.07) is 0.655. The van der Waals surface area contributed by atoms with E-state index >= 15 is 0 Å². The van der Waals surface area contributed by atoms with Crippen LogP contribution in [0.15, 0.2) is 6.07 Å². The van der Waals surface area contributed by atoms with E-state index in [1.165, 1.54) is 9.58 Å². The van der Waals surface area contributed by atoms with Crippen LogP contribution in [-0.4, -0.2) is 52.3 Å². The van der Waals surface area contributed by atoms with E-state index in [4.69, 9.17) is 10.5 Å². The lowest BCUT2D eigenvalue weighted by atomic mass is 10.3. The van der Waals surface area contributed by atoms with Crippen molar-refractivity contribution in [3.63, 3.8) is 0 Å². The highest BCUT2D eigenvalue weighted by atomic mass is 19.4. The Bertz CT molecular complexity index is 654. The van der Waals surface area contributed by atoms with Crippen LogP contribution in [0.2, 0.25) is 0 Å². The van der Waals surface area contributed by atoms with Crippen LogP contribution in [0.5, 0.6) is 0 Å². The molecule has 1 unspecified atom stereocenters. The molecule has 0 bridgehead atoms. The van der Waals surface area contributed by atoms with Gasteiger partial charge in [-0.25, -0.2) is 0 Å². The number of likely N-dealkylation sites (tertiary alicyclic amines) is 1. The van der Waals surface area contributed by atoms with E-state index in [9.17, 15) is 22.8 Å². The number of carbonyl (C=O) groups excluding carboxylic acids is 2. The summed E-state index contributed by atoms with van der Waals surface area (Å²) in [5, 5.41) is 3.57. The predicted octanol–water partition coefficient (Wildman–Crippen LogP) is 0.953. The Labute approximate surface area is 135 Å². The molecule has 1 aliphatic heterocycles. The lowest BCUT2D eigenvalue weighted by Crippen LogP contribution is -2.32. The van der Waals surface area contributed by atoms with Gasteiger partial charge in [-0.3, -0.25) is 14.3 Å². The van der Waals surface area contributed by atoms with Gasteiger partial charge in [0.2, 0.25) is 5.91 Å². The number of hydrogen-bond acceptors (Lipinski definition) is 4. The third kappa shape index (κ3) is 3.53. The number of alkyl halides is 3. The first-order valence-corrected chi connectivity index (χ1v) is 7.61. The van der Waals surface area contributed by atoms with Crippen LogP contribution in [0.1, 0.15) is 41.5 Å². The van der Waals surface area contributed by atoms with E-state index in [-0.39, 0.29) is 31.0 Å². The lowest BCUT2D eigenvalue weighted by Gasteiger charge is -2.17. The second kappa shape index (κ2) is 6.08. The number of carbonyl (C=O) groups is 2. The third-order valence-electron chi connectivity index (χ3n) is 4.03. The van der Waals surface area contributed by atoms with Crippen molar-refractivity contribution in [2.75, 3.05) is 19.7 Å². The van der Waals surface area contributed by atoms with Crippen LogP contribution in [-0.2, 0) is 15.7 Å². The first-order chi connectivity index (χ1) is 11.3. The SMILES string of the molecule is NC(=O)COC1CCN(C(=O)c2cc(C(F)(F)F)nn2C2CC2)C1. The number of ether oxygens (including phenoxy) is 1. The largest absolute Gasteiger partial charge is 0.435 e. The van der Waals surface area contributed by atoms with E-state index in [2.05, 4.69) is 5.10 Å². The maximum absolute atomic E-state index is 12.9. The van der Waals surface area contributed by atoms with E-state index < -0.39 is 23.7 Å². The molecule has 24 heavy (non-hydrogen) atoms. The van der Waals surface area contributed by atoms with Gasteiger partial charge in [0, 0.05) is 19.2 Å². The summed E-state index contributed by atoms with van der Waals surface area (Å²) in [6.45, 7) is 0.313. The summed E-state index contributed by atoms with van der Waals surface area (Å²) in [4.78, 5) is 24.7. The summed E-state index contributed by atoms with van der Waals surface area (Å²) >= 11 is 0. The average Bonchev–Trinajstić information content (AvgIpc) is 3.06. The molecule has 1 aromatic rings. The highest BCUT2D eigenvalue weighted by Crippen LogP contribution is 2.38. The first-order valence-electron chi connectivity index (χ1n) is 7.61. The van der Waals surface area contributed by atoms with Crippen molar-refractivity contribution in [2.45, 2.75) is 37.6 Å². The molecule has 1 atom stereocenters. The number of amides is 2. The molecule has 1 saturated heterocycles. The summed E-state index contributed by atoms with van der Waals surface area (Å²) in [6.07, 6.45) is -3.01. The van der Waals surface area contributed by atoms with Crippen molar-refractivity contribution in [1.82, 2.24) is 14.7 Å². The smallest absolute Gasteiger partial charge is 0.368 e. The van der Waals surface area contributed by atoms with Crippen LogP contribution < -0.4 is 5.73 Å². The van der Waals surface area contributed by atoms with Crippen LogP contribution in [0.25, 0.3) is 0 Å². The lowest BCUT2D eigenvalue weighted by molar-refractivity contribution is -0.141. The fraction of sp³-hybridized carbons (Fsp3) is 0.643. The van der Waals surface area contributed by atoms with Gasteiger partial charge in [-0.05, 0) is 19.3 Å². The first kappa shape index (κ1) is 16.7. The number of hydrogen-bond donors (Lipinski definition) is 1. The molecule has 7 nitrogen and oxygen atoms in total. The van der Waals surface area contributed by atoms with Crippen molar-refractivity contribution < 1.29 is 27.5 Å². The number of nitrogens with two attached hydrogens (primary N) is 1. The monoisotopic (exact) mass is 346 g/mol. The van der Waals surface area contributed by atoms with Gasteiger partial charge in [0.15, 0.2) is 5.69 Å². The number of aromatic nitrogens is 2. The molecule has 2 amide bonds. The van der Waals surface area contributed by atoms with E-state index in [0.29, 0.717) is 25.8 Å². The molecule has 2 aliphatic rings. The Morgan fingerprint density at radius 2 is 2.04 bits per heavy atom. The highest BCUT2D eigenvalue weighted by molar-refractivity contribution is 5.93. The topological polar surface area (TPSA) is 90.5 Å². The Balaban J connectivity index is 1.73. The quantitative estimate of drug-likeness (QED) is 0.860. The Morgan fingerprint density at radius 3 is 2.62 bits per heavy atom. The second-order valence-corrected chi connectivity index (χ2v) is 6.03. The van der Waals surface area contributed by atoms with Crippen molar-refractivity contribution in [3.05, 3.63) is 17.5 Å². The predicted molar refractivity (Wildman–Crippen MR) is 75.0 cm³/mol. The Kier molecular flexibility index (Phi) is 4.24. The molecular weight excluding hydrogens is 329 g/mol. The van der Waals surface area contributed by atoms with Crippen LogP contribution in [0.3, 0.4) is 0 Å². The zero-order chi connectivity index (χ0) is 17.5. The van der Waals surface area contributed by atoms with E-state index in [0.717, 1.165) is 6.07 Å². The number of halogens is 3. The van der Waals surface area contributed by atoms with Gasteiger partial charge in [0.05, 0.1) is 12.1 Å². The van der Waals surface area contributed by atoms with Gasteiger partial charge in [-0.1, -0.05) is 0 Å². The normalized spacial score (nSPS) is 21.3. The van der Waals surface area contributed by atoms with Gasteiger partial charge < -0.3 is 15.4 Å². The highest BCUT2D eigenvalue weighted by Gasteiger charge is 2.40. The molecule has 1 aliphatic carbocycles. The van der Waals surface area contributed by atoms with Gasteiger partial charge in [-0.2, -0.15) is 18.3 Å². The Morgan fingerprint density at radius 1 is 1.33 bits per heavy atom. The van der Waals surface area contributed by atoms with Crippen molar-refractivity contribution in [3.8, 4) is 0 Å². The molecule has 1 saturated carbocycles. The van der Waals surface area contributed by atoms with Gasteiger partial charge in [0.25, 0.3) is 5.91 Å². The molecule has 1 aromatic heterocycles. The summed E-state index contributed by atoms with van der Waals surface area (Å²) in [7, 11) is 0. The summed E-state index contributed by atoms with van der Waals surface area (Å²) in [5.74, 6) is -1.11. The maximum Gasteiger partial charge on any atom is 0.435 e. The standard InChI is InChI=1S/C14H17F3N4O3/c15-14(16,17)11-5-10(21(19-11)8-1-2-8)13(23)20-4-3-9(6-20)24-7-12(18)22/h5,8-9H,1-4,6-7H2,(H2,18,22). The number of nitrogens with zero attached hydrogens (tertiary/aromatic N) is 3. The molecule has 0 spiro atoms. The van der Waals surface area contributed by atoms with Crippen LogP contribution in [0, 0.1) is 0 Å². The fourth-order valence-electron chi connectivity index (χ4n) is 2.70. The minimum absolute atomic E-state index is 0.0552. The van der Waals surface area contributed by atoms with E-state index in [1.54, 1.807) is 0 Å². The second-order valence-electron chi connectivity index (χ2n) is 6.03. The molecule has 2 heterocycles. The minimum Gasteiger partial charge on any atom is -0.368 e. The molecule has 2 N–H and O–H groups in total. The molecule has 10 heteroatoms. The molecule has 0 aromatic carbocycles.